The molecular weight excluding hydrogens is 1200 g/mol. The molecule has 3 aromatic carbocycles. The van der Waals surface area contributed by atoms with Crippen molar-refractivity contribution in [2.45, 2.75) is 146 Å². The first-order chi connectivity index (χ1) is 44.7. The number of rotatable bonds is 32. The van der Waals surface area contributed by atoms with Gasteiger partial charge in [0, 0.05) is 97.8 Å². The van der Waals surface area contributed by atoms with Gasteiger partial charge in [0.05, 0.1) is 12.9 Å². The number of hydrogen-bond donors (Lipinski definition) is 16. The number of nitrogens with one attached hydrogen (secondary N) is 12. The van der Waals surface area contributed by atoms with Crippen LogP contribution in [0.2, 0.25) is 0 Å². The smallest absolute Gasteiger partial charge is 0.245 e. The second kappa shape index (κ2) is 32.6. The summed E-state index contributed by atoms with van der Waals surface area (Å²) in [6.45, 7) is 5.14. The Morgan fingerprint density at radius 2 is 1.19 bits per heavy atom. The molecule has 29 nitrogen and oxygen atoms in total. The largest absolute Gasteiger partial charge is 0.508 e. The highest BCUT2D eigenvalue weighted by Gasteiger charge is 2.40. The van der Waals surface area contributed by atoms with Gasteiger partial charge in [-0.2, -0.15) is 0 Å². The molecule has 3 aromatic heterocycles. The van der Waals surface area contributed by atoms with E-state index in [0.29, 0.717) is 63.6 Å². The van der Waals surface area contributed by atoms with Crippen molar-refractivity contribution in [3.63, 3.8) is 0 Å². The first-order valence-electron chi connectivity index (χ1n) is 31.2. The fourth-order valence-electron chi connectivity index (χ4n) is 11.5. The molecule has 5 heterocycles. The zero-order chi connectivity index (χ0) is 66.7. The van der Waals surface area contributed by atoms with Gasteiger partial charge < -0.3 is 89.4 Å². The Morgan fingerprint density at radius 1 is 0.656 bits per heavy atom. The number of amides is 10. The first-order valence-corrected chi connectivity index (χ1v) is 31.2. The number of carbonyl (C=O) groups is 10. The summed E-state index contributed by atoms with van der Waals surface area (Å²) in [6, 6.07) is 8.42. The fourth-order valence-corrected chi connectivity index (χ4v) is 11.5. The normalized spacial score (nSPS) is 16.8. The summed E-state index contributed by atoms with van der Waals surface area (Å²) >= 11 is 0. The van der Waals surface area contributed by atoms with E-state index in [-0.39, 0.29) is 100 Å². The molecule has 18 N–H and O–H groups in total. The van der Waals surface area contributed by atoms with Crippen molar-refractivity contribution in [1.82, 2.24) is 72.7 Å². The van der Waals surface area contributed by atoms with Crippen molar-refractivity contribution in [2.24, 2.45) is 22.4 Å². The van der Waals surface area contributed by atoms with Crippen molar-refractivity contribution in [3.05, 3.63) is 120 Å². The van der Waals surface area contributed by atoms with Gasteiger partial charge in [0.25, 0.3) is 0 Å². The number of aromatic amines is 3. The third-order valence-corrected chi connectivity index (χ3v) is 16.3. The molecule has 2 saturated heterocycles. The van der Waals surface area contributed by atoms with Gasteiger partial charge in [-0.05, 0) is 92.3 Å². The molecule has 8 rings (SSSR count). The van der Waals surface area contributed by atoms with E-state index >= 15 is 9.59 Å². The lowest BCUT2D eigenvalue weighted by molar-refractivity contribution is -0.142. The van der Waals surface area contributed by atoms with E-state index in [2.05, 4.69) is 72.8 Å². The first kappa shape index (κ1) is 68.6. The lowest BCUT2D eigenvalue weighted by Crippen LogP contribution is -2.61. The number of H-pyrrole nitrogens is 3. The standard InChI is InChI=1S/C64H83N17O12/c1-4-68-62(92)53-16-10-24-81(53)63(93)46(15-9-23-69-64(65)66)74-56(86)47(25-35(2)3)75-58(88)49(27-37-30-70-43-13-7-5-11-41(37)43)77-57(87)48(26-36-17-19-40(83)20-18-36)76-61(91)52(33-82)80-59(89)50(28-38-31-71-44-14-8-6-12-42(38)44)78-60(90)51(29-39-32-67-34-72-39)79-55(85)45-21-22-54(84)73-45/h5-8,11-14,17-20,30-32,34-35,45-53,70-71,82-83H,4,9-10,15-16,21-29,33H2,1-3H3,(H,67,72)(H,68,92)(H,73,84)(H,74,86)(H,75,88)(H,76,91)(H,77,87)(H,78,90)(H,79,85)(H,80,89)(H4,65,66,69)/t45-,46-,47-,48-,49+,50-,51+,52-,53-/m0/s1. The number of guanidine groups is 1. The van der Waals surface area contributed by atoms with Crippen LogP contribution in [0.4, 0.5) is 0 Å². The van der Waals surface area contributed by atoms with Gasteiger partial charge in [-0.25, -0.2) is 4.98 Å². The molecule has 2 aliphatic rings. The molecule has 2 fully saturated rings. The van der Waals surface area contributed by atoms with Crippen LogP contribution in [-0.2, 0) is 73.6 Å². The number of nitrogens with two attached hydrogens (primary N) is 2. The van der Waals surface area contributed by atoms with Gasteiger partial charge >= 0.3 is 0 Å². The molecule has 0 spiro atoms. The summed E-state index contributed by atoms with van der Waals surface area (Å²) in [5.41, 5.74) is 14.6. The molecule has 6 aromatic rings. The van der Waals surface area contributed by atoms with Crippen molar-refractivity contribution in [2.75, 3.05) is 26.2 Å². The van der Waals surface area contributed by atoms with Gasteiger partial charge in [-0.15, -0.1) is 0 Å². The monoisotopic (exact) mass is 1280 g/mol. The molecule has 496 valence electrons. The highest BCUT2D eigenvalue weighted by Crippen LogP contribution is 2.24. The van der Waals surface area contributed by atoms with Crippen LogP contribution < -0.4 is 59.3 Å². The maximum atomic E-state index is 15.1. The number of aliphatic hydroxyl groups is 1. The number of benzene rings is 3. The number of carbonyl (C=O) groups excluding carboxylic acids is 10. The zero-order valence-corrected chi connectivity index (χ0v) is 52.1. The number of likely N-dealkylation sites (N-methyl/N-ethyl adjacent to an activating group) is 1. The number of fused-ring (bicyclic) bond motifs is 2. The lowest BCUT2D eigenvalue weighted by Gasteiger charge is -2.30. The summed E-state index contributed by atoms with van der Waals surface area (Å²) < 4.78 is 0. The van der Waals surface area contributed by atoms with E-state index in [0.717, 1.165) is 0 Å². The van der Waals surface area contributed by atoms with E-state index in [1.165, 1.54) is 41.7 Å². The minimum absolute atomic E-state index is 0.0647. The SMILES string of the molecule is CCNC(=O)[C@@H]1CCCN1C(=O)[C@H](CCCN=C(N)N)NC(=O)[C@H](CC(C)C)NC(=O)[C@@H](Cc1c[nH]c2ccccc12)NC(=O)[C@H](Cc1ccc(O)cc1)NC(=O)[C@H](CO)NC(=O)[C@H](Cc1c[nH]c2ccccc12)NC(=O)[C@@H](Cc1cnc[nH]1)NC(=O)[C@@H]1CCC(=O)N1. The number of aliphatic imine (C=N–C) groups is 1. The minimum Gasteiger partial charge on any atom is -0.508 e. The molecule has 10 amide bonds. The zero-order valence-electron chi connectivity index (χ0n) is 52.1. The molecule has 0 radical (unpaired) electrons. The van der Waals surface area contributed by atoms with E-state index in [1.807, 2.05) is 38.1 Å². The van der Waals surface area contributed by atoms with Gasteiger partial charge in [0.15, 0.2) is 5.96 Å². The number of nitrogens with zero attached hydrogens (tertiary/aromatic N) is 3. The van der Waals surface area contributed by atoms with Crippen LogP contribution in [-0.4, -0.2) is 181 Å². The molecule has 29 heteroatoms. The average Bonchev–Trinajstić information content (AvgIpc) is 1.82. The minimum atomic E-state index is -1.78. The number of likely N-dealkylation sites (tertiary alicyclic amines) is 1. The van der Waals surface area contributed by atoms with Crippen LogP contribution >= 0.6 is 0 Å². The molecule has 0 unspecified atom stereocenters. The Labute approximate surface area is 536 Å². The predicted octanol–water partition coefficient (Wildman–Crippen LogP) is -0.760. The summed E-state index contributed by atoms with van der Waals surface area (Å²) in [7, 11) is 0. The van der Waals surface area contributed by atoms with Crippen LogP contribution in [0, 0.1) is 5.92 Å². The highest BCUT2D eigenvalue weighted by atomic mass is 16.3. The highest BCUT2D eigenvalue weighted by molar-refractivity contribution is 6.00. The summed E-state index contributed by atoms with van der Waals surface area (Å²) in [6.07, 6.45) is 7.10. The predicted molar refractivity (Wildman–Crippen MR) is 343 cm³/mol. The Balaban J connectivity index is 1.05. The van der Waals surface area contributed by atoms with Crippen molar-refractivity contribution < 1.29 is 58.2 Å². The van der Waals surface area contributed by atoms with E-state index < -0.39 is 108 Å². The van der Waals surface area contributed by atoms with E-state index in [4.69, 9.17) is 11.5 Å². The van der Waals surface area contributed by atoms with Crippen molar-refractivity contribution in [1.29, 1.82) is 0 Å². The van der Waals surface area contributed by atoms with Gasteiger partial charge in [-0.1, -0.05) is 62.4 Å². The molecule has 93 heavy (non-hydrogen) atoms. The van der Waals surface area contributed by atoms with Gasteiger partial charge in [0.1, 0.15) is 60.1 Å². The summed E-state index contributed by atoms with van der Waals surface area (Å²) in [4.78, 5) is 160. The number of phenols is 1. The molecule has 0 aliphatic carbocycles. The number of aromatic nitrogens is 4. The molecule has 2 aliphatic heterocycles. The van der Waals surface area contributed by atoms with Gasteiger partial charge in [0.2, 0.25) is 59.1 Å². The number of hydrogen-bond acceptors (Lipinski definition) is 14. The molecular formula is C64H83N17O12. The van der Waals surface area contributed by atoms with E-state index in [1.54, 1.807) is 43.6 Å². The second-order valence-electron chi connectivity index (χ2n) is 23.7. The third-order valence-electron chi connectivity index (χ3n) is 16.3. The summed E-state index contributed by atoms with van der Waals surface area (Å²) in [5.74, 6) is -7.58. The maximum absolute atomic E-state index is 15.1. The average molecular weight is 1280 g/mol. The number of para-hydroxylation sites is 2. The number of imidazole rings is 1. The summed E-state index contributed by atoms with van der Waals surface area (Å²) in [5, 5.41) is 47.0. The fraction of sp³-hybridized carbons (Fsp3) is 0.438. The number of aromatic hydroxyl groups is 1. The van der Waals surface area contributed by atoms with Crippen LogP contribution in [0.15, 0.2) is 103 Å². The van der Waals surface area contributed by atoms with Crippen LogP contribution in [0.5, 0.6) is 5.75 Å². The topological polar surface area (TPSA) is 447 Å². The second-order valence-corrected chi connectivity index (χ2v) is 23.7. The van der Waals surface area contributed by atoms with Crippen molar-refractivity contribution in [3.8, 4) is 5.75 Å². The van der Waals surface area contributed by atoms with Gasteiger partial charge in [-0.3, -0.25) is 52.9 Å². The Kier molecular flexibility index (Phi) is 24.1. The third kappa shape index (κ3) is 18.9. The van der Waals surface area contributed by atoms with Crippen LogP contribution in [0.1, 0.15) is 88.1 Å². The Morgan fingerprint density at radius 3 is 1.73 bits per heavy atom. The Hall–Kier alpha value is -10.3. The number of phenolic OH excluding ortho intramolecular Hbond substituents is 1. The van der Waals surface area contributed by atoms with E-state index in [9.17, 15) is 48.6 Å². The van der Waals surface area contributed by atoms with Crippen LogP contribution in [0.25, 0.3) is 21.8 Å². The molecule has 9 atom stereocenters. The molecule has 0 saturated carbocycles. The van der Waals surface area contributed by atoms with Crippen LogP contribution in [0.3, 0.4) is 0 Å². The van der Waals surface area contributed by atoms with Crippen molar-refractivity contribution >= 4 is 86.8 Å². The maximum Gasteiger partial charge on any atom is 0.245 e. The quantitative estimate of drug-likeness (QED) is 0.0140. The lowest BCUT2D eigenvalue weighted by atomic mass is 9.99. The Bertz CT molecular complexity index is 3640. The molecule has 0 bridgehead atoms. The number of aliphatic hydroxyl groups excluding tert-OH is 1.